The highest BCUT2D eigenvalue weighted by atomic mass is 79.9. The smallest absolute Gasteiger partial charge is 0.259 e. The molecule has 0 atom stereocenters. The Balaban J connectivity index is 1.45. The molecule has 0 saturated carbocycles. The lowest BCUT2D eigenvalue weighted by Crippen LogP contribution is -2.38. The van der Waals surface area contributed by atoms with Gasteiger partial charge in [0.15, 0.2) is 5.65 Å². The van der Waals surface area contributed by atoms with E-state index >= 15 is 0 Å². The van der Waals surface area contributed by atoms with E-state index in [0.29, 0.717) is 22.9 Å². The Morgan fingerprint density at radius 3 is 2.55 bits per heavy atom. The van der Waals surface area contributed by atoms with Gasteiger partial charge in [-0.1, -0.05) is 42.5 Å². The number of likely N-dealkylation sites (tertiary alicyclic amines) is 1. The first-order chi connectivity index (χ1) is 16.2. The van der Waals surface area contributed by atoms with Gasteiger partial charge in [-0.3, -0.25) is 4.79 Å². The zero-order chi connectivity index (χ0) is 22.8. The van der Waals surface area contributed by atoms with Crippen molar-refractivity contribution < 1.29 is 4.79 Å². The van der Waals surface area contributed by atoms with Gasteiger partial charge in [-0.25, -0.2) is 4.98 Å². The molecule has 1 aliphatic rings. The van der Waals surface area contributed by atoms with Crippen LogP contribution in [0.2, 0.25) is 0 Å². The van der Waals surface area contributed by atoms with Crippen LogP contribution in [0.5, 0.6) is 0 Å². The number of hydrogen-bond donors (Lipinski definition) is 1. The van der Waals surface area contributed by atoms with Gasteiger partial charge in [-0.15, -0.1) is 11.8 Å². The Bertz CT molecular complexity index is 1280. The third-order valence-electron chi connectivity index (χ3n) is 6.13. The maximum absolute atomic E-state index is 13.6. The van der Waals surface area contributed by atoms with Crippen molar-refractivity contribution in [2.75, 3.05) is 24.7 Å². The summed E-state index contributed by atoms with van der Waals surface area (Å²) in [6.07, 6.45) is 7.31. The summed E-state index contributed by atoms with van der Waals surface area (Å²) in [5, 5.41) is 7.95. The summed E-state index contributed by atoms with van der Waals surface area (Å²) < 4.78 is 2.48. The standard InChI is InChI=1S/C25H24BrN5OS/c1-33-22-10-6-5-9-21(22)29-23-19(15-27-24-20(26)16-28-31(23)24)25(32)30-13-11-18(12-14-30)17-7-3-2-4-8-17/h2-10,15-16,18,29H,11-14H2,1H3. The SMILES string of the molecule is CSc1ccccc1Nc1c(C(=O)N2CCC(c3ccccc3)CC2)cnc2c(Br)cnn12. The predicted molar refractivity (Wildman–Crippen MR) is 137 cm³/mol. The fourth-order valence-electron chi connectivity index (χ4n) is 4.37. The van der Waals surface area contributed by atoms with Gasteiger partial charge in [0.1, 0.15) is 11.4 Å². The van der Waals surface area contributed by atoms with Crippen molar-refractivity contribution in [1.29, 1.82) is 0 Å². The van der Waals surface area contributed by atoms with Gasteiger partial charge in [-0.05, 0) is 58.6 Å². The fraction of sp³-hybridized carbons (Fsp3) is 0.240. The van der Waals surface area contributed by atoms with Crippen LogP contribution in [0.1, 0.15) is 34.7 Å². The van der Waals surface area contributed by atoms with E-state index in [1.807, 2.05) is 35.4 Å². The number of rotatable bonds is 5. The zero-order valence-electron chi connectivity index (χ0n) is 18.2. The lowest BCUT2D eigenvalue weighted by molar-refractivity contribution is 0.0713. The van der Waals surface area contributed by atoms with E-state index < -0.39 is 0 Å². The highest BCUT2D eigenvalue weighted by Crippen LogP contribution is 2.33. The average molecular weight is 522 g/mol. The maximum atomic E-state index is 13.6. The van der Waals surface area contributed by atoms with Crippen molar-refractivity contribution in [3.63, 3.8) is 0 Å². The van der Waals surface area contributed by atoms with Gasteiger partial charge in [0.2, 0.25) is 0 Å². The van der Waals surface area contributed by atoms with Crippen LogP contribution in [0, 0.1) is 0 Å². The van der Waals surface area contributed by atoms with E-state index in [9.17, 15) is 4.79 Å². The molecule has 2 aromatic carbocycles. The second kappa shape index (κ2) is 9.57. The maximum Gasteiger partial charge on any atom is 0.259 e. The van der Waals surface area contributed by atoms with Gasteiger partial charge >= 0.3 is 0 Å². The molecule has 0 aliphatic carbocycles. The number of amides is 1. The van der Waals surface area contributed by atoms with Crippen molar-refractivity contribution in [1.82, 2.24) is 19.5 Å². The summed E-state index contributed by atoms with van der Waals surface area (Å²) >= 11 is 5.16. The predicted octanol–water partition coefficient (Wildman–Crippen LogP) is 5.98. The number of para-hydroxylation sites is 1. The normalized spacial score (nSPS) is 14.5. The first-order valence-corrected chi connectivity index (χ1v) is 12.9. The summed E-state index contributed by atoms with van der Waals surface area (Å²) in [7, 11) is 0. The number of nitrogens with zero attached hydrogens (tertiary/aromatic N) is 4. The minimum atomic E-state index is -0.0216. The van der Waals surface area contributed by atoms with E-state index in [0.717, 1.165) is 41.0 Å². The molecule has 1 N–H and O–H groups in total. The lowest BCUT2D eigenvalue weighted by atomic mass is 9.89. The van der Waals surface area contributed by atoms with E-state index in [2.05, 4.69) is 61.7 Å². The lowest BCUT2D eigenvalue weighted by Gasteiger charge is -2.32. The summed E-state index contributed by atoms with van der Waals surface area (Å²) in [6.45, 7) is 1.44. The Hall–Kier alpha value is -2.84. The number of carbonyl (C=O) groups is 1. The van der Waals surface area contributed by atoms with Crippen LogP contribution in [-0.2, 0) is 0 Å². The minimum Gasteiger partial charge on any atom is -0.338 e. The molecule has 0 bridgehead atoms. The molecule has 8 heteroatoms. The molecule has 1 aliphatic heterocycles. The van der Waals surface area contributed by atoms with Crippen LogP contribution >= 0.6 is 27.7 Å². The Labute approximate surface area is 205 Å². The number of fused-ring (bicyclic) bond motifs is 1. The number of halogens is 1. The number of thioether (sulfide) groups is 1. The quantitative estimate of drug-likeness (QED) is 0.327. The molecule has 168 valence electrons. The molecule has 0 radical (unpaired) electrons. The second-order valence-electron chi connectivity index (χ2n) is 8.05. The third-order valence-corrected chi connectivity index (χ3v) is 7.48. The number of piperidine rings is 1. The van der Waals surface area contributed by atoms with Gasteiger partial charge < -0.3 is 10.2 Å². The van der Waals surface area contributed by atoms with Gasteiger partial charge in [0, 0.05) is 24.2 Å². The molecular weight excluding hydrogens is 498 g/mol. The van der Waals surface area contributed by atoms with E-state index in [1.54, 1.807) is 28.7 Å². The summed E-state index contributed by atoms with van der Waals surface area (Å²) in [6, 6.07) is 18.6. The topological polar surface area (TPSA) is 62.5 Å². The Morgan fingerprint density at radius 1 is 1.06 bits per heavy atom. The molecule has 6 nitrogen and oxygen atoms in total. The highest BCUT2D eigenvalue weighted by Gasteiger charge is 2.28. The van der Waals surface area contributed by atoms with E-state index in [4.69, 9.17) is 0 Å². The van der Waals surface area contributed by atoms with E-state index in [1.165, 1.54) is 5.56 Å². The van der Waals surface area contributed by atoms with Crippen molar-refractivity contribution in [3.05, 3.63) is 82.6 Å². The molecule has 4 aromatic rings. The zero-order valence-corrected chi connectivity index (χ0v) is 20.6. The summed E-state index contributed by atoms with van der Waals surface area (Å²) in [5.74, 6) is 1.10. The molecule has 33 heavy (non-hydrogen) atoms. The van der Waals surface area contributed by atoms with Crippen LogP contribution in [0.15, 0.2) is 76.4 Å². The molecular formula is C25H24BrN5OS. The molecule has 1 amide bonds. The molecule has 0 spiro atoms. The number of anilines is 2. The molecule has 3 heterocycles. The first-order valence-electron chi connectivity index (χ1n) is 10.9. The van der Waals surface area contributed by atoms with E-state index in [-0.39, 0.29) is 5.91 Å². The van der Waals surface area contributed by atoms with Gasteiger partial charge in [0.05, 0.1) is 16.4 Å². The molecule has 1 saturated heterocycles. The first kappa shape index (κ1) is 22.0. The monoisotopic (exact) mass is 521 g/mol. The Kier molecular flexibility index (Phi) is 6.37. The van der Waals surface area contributed by atoms with Crippen molar-refractivity contribution in [2.24, 2.45) is 0 Å². The average Bonchev–Trinajstić information content (AvgIpc) is 3.26. The number of nitrogens with one attached hydrogen (secondary N) is 1. The van der Waals surface area contributed by atoms with Crippen LogP contribution in [0.3, 0.4) is 0 Å². The number of aromatic nitrogens is 3. The number of benzene rings is 2. The summed E-state index contributed by atoms with van der Waals surface area (Å²) in [5.41, 5.74) is 3.47. The van der Waals surface area contributed by atoms with Crippen molar-refractivity contribution in [2.45, 2.75) is 23.7 Å². The molecule has 0 unspecified atom stereocenters. The number of carbonyl (C=O) groups excluding carboxylic acids is 1. The summed E-state index contributed by atoms with van der Waals surface area (Å²) in [4.78, 5) is 21.2. The van der Waals surface area contributed by atoms with Gasteiger partial charge in [-0.2, -0.15) is 9.61 Å². The second-order valence-corrected chi connectivity index (χ2v) is 9.75. The highest BCUT2D eigenvalue weighted by molar-refractivity contribution is 9.10. The van der Waals surface area contributed by atoms with Crippen molar-refractivity contribution >= 4 is 50.8 Å². The minimum absolute atomic E-state index is 0.0216. The largest absolute Gasteiger partial charge is 0.338 e. The van der Waals surface area contributed by atoms with Crippen LogP contribution < -0.4 is 5.32 Å². The Morgan fingerprint density at radius 2 is 1.79 bits per heavy atom. The van der Waals surface area contributed by atoms with Crippen molar-refractivity contribution in [3.8, 4) is 0 Å². The van der Waals surface area contributed by atoms with Gasteiger partial charge in [0.25, 0.3) is 5.91 Å². The fourth-order valence-corrected chi connectivity index (χ4v) is 5.28. The molecule has 1 fully saturated rings. The van der Waals surface area contributed by atoms with Crippen LogP contribution in [-0.4, -0.2) is 44.8 Å². The molecule has 5 rings (SSSR count). The third kappa shape index (κ3) is 4.37. The number of hydrogen-bond acceptors (Lipinski definition) is 5. The molecule has 2 aromatic heterocycles. The van der Waals surface area contributed by atoms with Crippen LogP contribution in [0.25, 0.3) is 5.65 Å². The van der Waals surface area contributed by atoms with Crippen LogP contribution in [0.4, 0.5) is 11.5 Å².